The number of aromatic nitrogens is 4. The molecule has 0 atom stereocenters. The fourth-order valence-corrected chi connectivity index (χ4v) is 4.82. The predicted octanol–water partition coefficient (Wildman–Crippen LogP) is 4.74. The third kappa shape index (κ3) is 3.22. The molecule has 4 aromatic rings. The Morgan fingerprint density at radius 3 is 2.53 bits per heavy atom. The molecule has 0 bridgehead atoms. The number of benzene rings is 1. The summed E-state index contributed by atoms with van der Waals surface area (Å²) < 4.78 is 2.09. The Bertz CT molecular complexity index is 1340. The van der Waals surface area contributed by atoms with E-state index in [1.165, 1.54) is 0 Å². The topological polar surface area (TPSA) is 56.0 Å². The molecule has 0 saturated heterocycles. The van der Waals surface area contributed by atoms with Gasteiger partial charge in [-0.15, -0.1) is 21.5 Å². The van der Waals surface area contributed by atoms with Gasteiger partial charge in [-0.05, 0) is 43.7 Å². The van der Waals surface area contributed by atoms with Gasteiger partial charge in [0, 0.05) is 34.1 Å². The van der Waals surface area contributed by atoms with Crippen molar-refractivity contribution in [3.63, 3.8) is 0 Å². The Hall–Kier alpha value is -3.27. The minimum Gasteiger partial charge on any atom is -0.276 e. The van der Waals surface area contributed by atoms with Crippen LogP contribution < -0.4 is 0 Å². The Balaban J connectivity index is 1.71. The van der Waals surface area contributed by atoms with E-state index in [1.54, 1.807) is 23.7 Å². The van der Waals surface area contributed by atoms with E-state index in [0.717, 1.165) is 49.5 Å². The molecule has 5 nitrogen and oxygen atoms in total. The van der Waals surface area contributed by atoms with Crippen LogP contribution in [0.3, 0.4) is 0 Å². The highest BCUT2D eigenvalue weighted by atomic mass is 35.5. The molecule has 0 amide bonds. The van der Waals surface area contributed by atoms with E-state index in [4.69, 9.17) is 16.6 Å². The number of halogens is 1. The molecule has 4 heterocycles. The van der Waals surface area contributed by atoms with E-state index < -0.39 is 0 Å². The van der Waals surface area contributed by atoms with Crippen molar-refractivity contribution in [2.24, 2.45) is 4.99 Å². The number of aliphatic imine (C=N–C) groups is 1. The Kier molecular flexibility index (Phi) is 4.70. The minimum atomic E-state index is 0.470. The first-order chi connectivity index (χ1) is 14.6. The smallest absolute Gasteiger partial charge is 0.160 e. The molecule has 0 saturated carbocycles. The van der Waals surface area contributed by atoms with Crippen LogP contribution in [-0.4, -0.2) is 25.5 Å². The molecule has 1 aliphatic heterocycles. The molecule has 0 unspecified atom stereocenters. The van der Waals surface area contributed by atoms with E-state index in [1.807, 2.05) is 43.3 Å². The highest BCUT2D eigenvalue weighted by Gasteiger charge is 2.27. The first kappa shape index (κ1) is 18.7. The number of hydrogen-bond donors (Lipinski definition) is 0. The Morgan fingerprint density at radius 1 is 1.00 bits per heavy atom. The summed E-state index contributed by atoms with van der Waals surface area (Å²) in [6.07, 6.45) is 3.50. The summed E-state index contributed by atoms with van der Waals surface area (Å²) in [6.45, 7) is 4.53. The van der Waals surface area contributed by atoms with Gasteiger partial charge in [-0.3, -0.25) is 14.5 Å². The van der Waals surface area contributed by atoms with Crippen LogP contribution in [0.15, 0.2) is 53.8 Å². The number of pyridine rings is 1. The fraction of sp³-hybridized carbons (Fsp3) is 0.130. The Labute approximate surface area is 183 Å². The summed E-state index contributed by atoms with van der Waals surface area (Å²) in [5.41, 5.74) is 5.05. The fourth-order valence-electron chi connectivity index (χ4n) is 3.46. The molecular formula is C23H16ClN5S. The van der Waals surface area contributed by atoms with Gasteiger partial charge in [-0.2, -0.15) is 0 Å². The number of hydrogen-bond acceptors (Lipinski definition) is 5. The largest absolute Gasteiger partial charge is 0.276 e. The molecule has 1 aliphatic rings. The molecule has 0 aliphatic carbocycles. The second-order valence-corrected chi connectivity index (χ2v) is 8.33. The van der Waals surface area contributed by atoms with Gasteiger partial charge in [0.2, 0.25) is 0 Å². The molecule has 0 fully saturated rings. The Morgan fingerprint density at radius 2 is 1.77 bits per heavy atom. The normalized spacial score (nSPS) is 12.3. The lowest BCUT2D eigenvalue weighted by Gasteiger charge is -2.09. The van der Waals surface area contributed by atoms with Crippen molar-refractivity contribution in [1.82, 2.24) is 19.7 Å². The molecule has 0 radical (unpaired) electrons. The zero-order valence-electron chi connectivity index (χ0n) is 16.3. The summed E-state index contributed by atoms with van der Waals surface area (Å²) >= 11 is 7.76. The number of thiophene rings is 1. The lowest BCUT2D eigenvalue weighted by atomic mass is 10.00. The van der Waals surface area contributed by atoms with Crippen molar-refractivity contribution in [3.05, 3.63) is 92.6 Å². The summed E-state index contributed by atoms with van der Waals surface area (Å²) in [5, 5.41) is 10.4. The van der Waals surface area contributed by atoms with Crippen molar-refractivity contribution in [2.75, 3.05) is 0 Å². The quantitative estimate of drug-likeness (QED) is 0.410. The van der Waals surface area contributed by atoms with Crippen LogP contribution in [0.2, 0.25) is 5.02 Å². The third-order valence-electron chi connectivity index (χ3n) is 4.96. The molecule has 1 aromatic carbocycles. The van der Waals surface area contributed by atoms with E-state index in [-0.39, 0.29) is 0 Å². The predicted molar refractivity (Wildman–Crippen MR) is 120 cm³/mol. The van der Waals surface area contributed by atoms with Crippen LogP contribution in [0.1, 0.15) is 38.8 Å². The first-order valence-electron chi connectivity index (χ1n) is 9.39. The standard InChI is InChI=1S/C23H16ClN5S/c1-14-19(8-3-16-9-11-25-12-10-16)30-23-21(14)22(17-4-6-18(24)7-5-17)26-13-20-28-27-15(2)29(20)23/h4-7,9-12H,13H2,1-2H3. The second kappa shape index (κ2) is 7.52. The van der Waals surface area contributed by atoms with Crippen LogP contribution in [0.25, 0.3) is 5.00 Å². The number of nitrogens with zero attached hydrogens (tertiary/aromatic N) is 5. The summed E-state index contributed by atoms with van der Waals surface area (Å²) in [4.78, 5) is 9.96. The zero-order valence-corrected chi connectivity index (χ0v) is 17.9. The maximum absolute atomic E-state index is 6.11. The minimum absolute atomic E-state index is 0.470. The van der Waals surface area contributed by atoms with Crippen molar-refractivity contribution in [3.8, 4) is 16.8 Å². The van der Waals surface area contributed by atoms with Crippen molar-refractivity contribution in [1.29, 1.82) is 0 Å². The van der Waals surface area contributed by atoms with Gasteiger partial charge in [0.1, 0.15) is 17.4 Å². The van der Waals surface area contributed by atoms with Crippen LogP contribution in [-0.2, 0) is 6.54 Å². The third-order valence-corrected chi connectivity index (χ3v) is 6.40. The van der Waals surface area contributed by atoms with Gasteiger partial charge in [-0.1, -0.05) is 35.6 Å². The van der Waals surface area contributed by atoms with Gasteiger partial charge in [-0.25, -0.2) is 0 Å². The molecular weight excluding hydrogens is 414 g/mol. The highest BCUT2D eigenvalue weighted by molar-refractivity contribution is 7.15. The lowest BCUT2D eigenvalue weighted by Crippen LogP contribution is -2.07. The zero-order chi connectivity index (χ0) is 20.7. The summed E-state index contributed by atoms with van der Waals surface area (Å²) in [6, 6.07) is 11.6. The van der Waals surface area contributed by atoms with E-state index in [9.17, 15) is 0 Å². The molecule has 0 spiro atoms. The highest BCUT2D eigenvalue weighted by Crippen LogP contribution is 2.36. The van der Waals surface area contributed by atoms with Gasteiger partial charge in [0.05, 0.1) is 10.6 Å². The maximum Gasteiger partial charge on any atom is 0.160 e. The SMILES string of the molecule is Cc1c(C#Cc2ccncc2)sc2c1C(c1ccc(Cl)cc1)=NCc1nnc(C)n1-2. The maximum atomic E-state index is 6.11. The monoisotopic (exact) mass is 429 g/mol. The molecule has 7 heteroatoms. The number of fused-ring (bicyclic) bond motifs is 3. The average molecular weight is 430 g/mol. The molecule has 3 aromatic heterocycles. The van der Waals surface area contributed by atoms with Crippen LogP contribution in [0.5, 0.6) is 0 Å². The molecule has 5 rings (SSSR count). The molecule has 0 N–H and O–H groups in total. The lowest BCUT2D eigenvalue weighted by molar-refractivity contribution is 0.869. The van der Waals surface area contributed by atoms with Gasteiger partial charge in [0.15, 0.2) is 5.82 Å². The van der Waals surface area contributed by atoms with Crippen LogP contribution >= 0.6 is 22.9 Å². The van der Waals surface area contributed by atoms with Crippen molar-refractivity contribution < 1.29 is 0 Å². The summed E-state index contributed by atoms with van der Waals surface area (Å²) in [5.74, 6) is 8.25. The van der Waals surface area contributed by atoms with Gasteiger partial charge >= 0.3 is 0 Å². The van der Waals surface area contributed by atoms with Crippen molar-refractivity contribution >= 4 is 28.6 Å². The van der Waals surface area contributed by atoms with E-state index in [2.05, 4.69) is 38.5 Å². The first-order valence-corrected chi connectivity index (χ1v) is 10.6. The number of rotatable bonds is 1. The average Bonchev–Trinajstić information content (AvgIpc) is 3.22. The van der Waals surface area contributed by atoms with Gasteiger partial charge in [0.25, 0.3) is 0 Å². The van der Waals surface area contributed by atoms with Crippen LogP contribution in [0.4, 0.5) is 0 Å². The van der Waals surface area contributed by atoms with Crippen LogP contribution in [0, 0.1) is 25.7 Å². The van der Waals surface area contributed by atoms with E-state index in [0.29, 0.717) is 11.6 Å². The molecule has 146 valence electrons. The second-order valence-electron chi connectivity index (χ2n) is 6.89. The number of aryl methyl sites for hydroxylation is 1. The van der Waals surface area contributed by atoms with Crippen molar-refractivity contribution in [2.45, 2.75) is 20.4 Å². The molecule has 30 heavy (non-hydrogen) atoms. The van der Waals surface area contributed by atoms with Gasteiger partial charge < -0.3 is 0 Å². The summed E-state index contributed by atoms with van der Waals surface area (Å²) in [7, 11) is 0. The van der Waals surface area contributed by atoms with E-state index >= 15 is 0 Å².